The zero-order valence-corrected chi connectivity index (χ0v) is 57.7. The second-order valence-electron chi connectivity index (χ2n) is 19.6. The summed E-state index contributed by atoms with van der Waals surface area (Å²) in [6.45, 7) is 2.56. The molecule has 0 saturated carbocycles. The fourth-order valence-corrected chi connectivity index (χ4v) is 13.7. The monoisotopic (exact) mass is 1810 g/mol. The first-order chi connectivity index (χ1) is 38.6. The molecule has 0 aromatic heterocycles. The van der Waals surface area contributed by atoms with Gasteiger partial charge in [-0.1, -0.05) is 6.92 Å². The zero-order chi connectivity index (χ0) is 61.2. The molecule has 2 radical (unpaired) electrons. The molecule has 4 N–H and O–H groups in total. The SMILES string of the molecule is CC(=O)CN1CCN(CC(=O)[O-])CCN(CC(=O)[O-])CCN(CC(=O)NCCNC(=O)c2c(I)c(C(=O)NCCNC(=O)CN3CCN(CC(=O)[O-])CCN(CC(=O)[O-])CCN(CC(=O)[O-])CC3)c(I)c(N(C)C(=O)[C@@H](C)[O-])c2I)CC1.[Gd+3].[Gd+3]. The van der Waals surface area contributed by atoms with Gasteiger partial charge in [0.25, 0.3) is 11.8 Å². The number of nitrogens with one attached hydrogen (secondary N) is 4. The minimum absolute atomic E-state index is 0. The normalized spacial score (nSPS) is 16.9. The predicted octanol–water partition coefficient (Wildman–Crippen LogP) is -11.3. The maximum Gasteiger partial charge on any atom is 3.00 e. The standard InChI is InChI=1S/C49H75I3N13O17.2Gd/c1-32(66)24-58-8-10-59(11-15-62(28-37(72)73)19-18-61(14-9-58)27-36(70)71)25-34(68)53-4-6-55-47(80)41-43(50)42(45(52)46(44(41)51)57(3)49(82)33(2)67)48(81)56-7-5-54-35(69)26-60-12-16-63(29-38(74)75)20-22-65(31-40(78)79)23-21-64(17-13-60)30-39(76)77;;/h33H,4-31H2,1-3H3,(H,53,68)(H,54,69)(H,55,80)(H,56,81)(H,70,71)(H,72,73)(H,74,75)(H,76,77)(H,78,79);;/q-1;2*+3/p-5/t33-;;/m1../s1. The number of hydrogen-bond acceptors (Lipinski definition) is 25. The Morgan fingerprint density at radius 2 is 0.643 bits per heavy atom. The summed E-state index contributed by atoms with van der Waals surface area (Å²) in [4.78, 5) is 152. The van der Waals surface area contributed by atoms with Gasteiger partial charge in [-0.2, -0.15) is 0 Å². The van der Waals surface area contributed by atoms with E-state index < -0.39 is 91.7 Å². The third kappa shape index (κ3) is 30.5. The molecule has 5 amide bonds. The van der Waals surface area contributed by atoms with Crippen molar-refractivity contribution in [3.8, 4) is 0 Å². The van der Waals surface area contributed by atoms with Crippen LogP contribution in [0.25, 0.3) is 0 Å². The quantitative estimate of drug-likeness (QED) is 0.0494. The number of anilines is 1. The van der Waals surface area contributed by atoms with E-state index in [1.54, 1.807) is 19.6 Å². The molecule has 0 unspecified atom stereocenters. The van der Waals surface area contributed by atoms with Gasteiger partial charge in [-0.25, -0.2) is 0 Å². The van der Waals surface area contributed by atoms with Crippen molar-refractivity contribution in [3.63, 3.8) is 0 Å². The van der Waals surface area contributed by atoms with E-state index in [1.165, 1.54) is 28.7 Å². The molecular weight excluding hydrogens is 1740 g/mol. The van der Waals surface area contributed by atoms with Gasteiger partial charge in [0.15, 0.2) is 0 Å². The number of nitrogens with zero attached hydrogens (tertiary/aromatic N) is 9. The molecule has 2 fully saturated rings. The van der Waals surface area contributed by atoms with Gasteiger partial charge in [-0.3, -0.25) is 68.0 Å². The van der Waals surface area contributed by atoms with Crippen LogP contribution < -0.4 is 56.8 Å². The Bertz CT molecular complexity index is 2230. The van der Waals surface area contributed by atoms with Gasteiger partial charge in [0, 0.05) is 174 Å². The molecule has 2 aliphatic rings. The van der Waals surface area contributed by atoms with Gasteiger partial charge in [-0.15, -0.1) is 0 Å². The predicted molar refractivity (Wildman–Crippen MR) is 305 cm³/mol. The molecule has 3 rings (SSSR count). The molecule has 84 heavy (non-hydrogen) atoms. The molecule has 470 valence electrons. The van der Waals surface area contributed by atoms with E-state index in [-0.39, 0.29) is 257 Å². The first kappa shape index (κ1) is 80.1. The van der Waals surface area contributed by atoms with E-state index in [4.69, 9.17) is 0 Å². The Hall–Kier alpha value is -1.93. The summed E-state index contributed by atoms with van der Waals surface area (Å²) in [6.07, 6.45) is -1.72. The molecule has 1 atom stereocenters. The number of carboxylic acids is 5. The molecule has 35 heteroatoms. The number of amides is 5. The van der Waals surface area contributed by atoms with E-state index in [0.29, 0.717) is 13.1 Å². The maximum atomic E-state index is 14.1. The van der Waals surface area contributed by atoms with Crippen molar-refractivity contribution < 1.29 is 163 Å². The Kier molecular flexibility index (Phi) is 40.2. The van der Waals surface area contributed by atoms with Crippen LogP contribution in [0.4, 0.5) is 5.69 Å². The molecule has 2 aliphatic heterocycles. The number of carbonyl (C=O) groups excluding carboxylic acids is 11. The van der Waals surface area contributed by atoms with Gasteiger partial charge in [-0.05, 0) is 80.8 Å². The molecule has 2 saturated heterocycles. The van der Waals surface area contributed by atoms with Crippen LogP contribution in [0.2, 0.25) is 0 Å². The number of likely N-dealkylation sites (N-methyl/N-ethyl adjacent to an activating group) is 1. The number of ketones is 1. The molecule has 1 aromatic carbocycles. The summed E-state index contributed by atoms with van der Waals surface area (Å²) in [5, 5.41) is 80.9. The maximum absolute atomic E-state index is 14.1. The van der Waals surface area contributed by atoms with E-state index >= 15 is 0 Å². The Morgan fingerprint density at radius 3 is 0.869 bits per heavy atom. The third-order valence-corrected chi connectivity index (χ3v) is 16.2. The van der Waals surface area contributed by atoms with Crippen molar-refractivity contribution in [2.45, 2.75) is 20.0 Å². The van der Waals surface area contributed by atoms with Crippen LogP contribution in [0.1, 0.15) is 34.6 Å². The van der Waals surface area contributed by atoms with Crippen molar-refractivity contribution in [1.82, 2.24) is 60.5 Å². The molecule has 1 aromatic rings. The number of carboxylic acid groups (broad SMARTS) is 5. The van der Waals surface area contributed by atoms with Crippen molar-refractivity contribution in [3.05, 3.63) is 21.8 Å². The Balaban J connectivity index is 0.0000176. The number of halogens is 3. The van der Waals surface area contributed by atoms with Gasteiger partial charge >= 0.3 is 79.9 Å². The number of carbonyl (C=O) groups is 11. The van der Waals surface area contributed by atoms with E-state index in [0.717, 1.165) is 11.8 Å². The van der Waals surface area contributed by atoms with Crippen LogP contribution in [0.3, 0.4) is 0 Å². The van der Waals surface area contributed by atoms with Crippen molar-refractivity contribution in [1.29, 1.82) is 0 Å². The second-order valence-corrected chi connectivity index (χ2v) is 22.8. The molecule has 30 nitrogen and oxygen atoms in total. The average molecular weight is 1810 g/mol. The van der Waals surface area contributed by atoms with Gasteiger partial charge in [0.1, 0.15) is 5.78 Å². The average Bonchev–Trinajstić information content (AvgIpc) is 1.47. The summed E-state index contributed by atoms with van der Waals surface area (Å²) in [7, 11) is 1.33. The van der Waals surface area contributed by atoms with E-state index in [2.05, 4.69) is 21.3 Å². The fraction of sp³-hybridized carbons (Fsp3) is 0.653. The summed E-state index contributed by atoms with van der Waals surface area (Å²) in [5.74, 6) is -10.1. The third-order valence-electron chi connectivity index (χ3n) is 13.0. The minimum atomic E-state index is -1.72. The van der Waals surface area contributed by atoms with Crippen LogP contribution in [0.5, 0.6) is 0 Å². The van der Waals surface area contributed by atoms with Crippen LogP contribution in [0, 0.1) is 90.6 Å². The smallest absolute Gasteiger partial charge is 0.845 e. The fourth-order valence-electron chi connectivity index (χ4n) is 8.83. The van der Waals surface area contributed by atoms with Crippen LogP contribution >= 0.6 is 67.8 Å². The number of rotatable bonds is 26. The first-order valence-electron chi connectivity index (χ1n) is 26.2. The second kappa shape index (κ2) is 42.1. The summed E-state index contributed by atoms with van der Waals surface area (Å²) in [5.41, 5.74) is 0.0599. The van der Waals surface area contributed by atoms with Gasteiger partial charge in [0.2, 0.25) is 17.7 Å². The first-order valence-corrected chi connectivity index (χ1v) is 29.4. The van der Waals surface area contributed by atoms with Crippen molar-refractivity contribution in [2.24, 2.45) is 0 Å². The van der Waals surface area contributed by atoms with Crippen LogP contribution in [-0.2, 0) is 43.2 Å². The summed E-state index contributed by atoms with van der Waals surface area (Å²) >= 11 is 5.52. The summed E-state index contributed by atoms with van der Waals surface area (Å²) < 4.78 is 0.624. The summed E-state index contributed by atoms with van der Waals surface area (Å²) in [6, 6.07) is 0. The molecule has 2 heterocycles. The van der Waals surface area contributed by atoms with Crippen LogP contribution in [0.15, 0.2) is 0 Å². The van der Waals surface area contributed by atoms with E-state index in [9.17, 15) is 83.4 Å². The van der Waals surface area contributed by atoms with Crippen molar-refractivity contribution in [2.75, 3.05) is 195 Å². The van der Waals surface area contributed by atoms with E-state index in [1.807, 2.05) is 72.7 Å². The number of Topliss-reactive ketones (excluding diaryl/α,β-unsaturated/α-hetero) is 1. The largest absolute Gasteiger partial charge is 3.00 e. The zero-order valence-electron chi connectivity index (χ0n) is 46.7. The number of aliphatic carboxylic acids is 5. The van der Waals surface area contributed by atoms with Gasteiger partial charge in [0.05, 0.1) is 73.4 Å². The molecular formula is C49H70Gd2I3N13O17. The minimum Gasteiger partial charge on any atom is -0.845 e. The number of benzene rings is 1. The Labute approximate surface area is 592 Å². The Morgan fingerprint density at radius 1 is 0.417 bits per heavy atom. The molecule has 0 aliphatic carbocycles. The van der Waals surface area contributed by atoms with Crippen molar-refractivity contribution >= 4 is 139 Å². The molecule has 0 bridgehead atoms. The molecule has 0 spiro atoms. The van der Waals surface area contributed by atoms with Gasteiger partial charge < -0.3 is 80.8 Å². The van der Waals surface area contributed by atoms with Crippen LogP contribution in [-0.4, -0.2) is 301 Å². The topological polar surface area (TPSA) is 403 Å². The number of hydrogen-bond donors (Lipinski definition) is 4.